The fourth-order valence-electron chi connectivity index (χ4n) is 1.29. The van der Waals surface area contributed by atoms with Crippen molar-refractivity contribution < 1.29 is 4.79 Å². The molecule has 0 aliphatic carbocycles. The molecule has 0 N–H and O–H groups in total. The number of nitrogens with zero attached hydrogens (tertiary/aromatic N) is 2. The Bertz CT molecular complexity index is 309. The topological polar surface area (TPSA) is 33.2 Å². The molecule has 56 valence electrons. The van der Waals surface area contributed by atoms with E-state index in [1.54, 1.807) is 24.3 Å². The fourth-order valence-corrected chi connectivity index (χ4v) is 1.29. The van der Waals surface area contributed by atoms with Gasteiger partial charge in [-0.2, -0.15) is 0 Å². The van der Waals surface area contributed by atoms with Crippen molar-refractivity contribution in [2.24, 2.45) is 0 Å². The minimum Gasteiger partial charge on any atom is -0.337 e. The number of amides is 1. The third-order valence-electron chi connectivity index (χ3n) is 1.90. The molecule has 0 aromatic carbocycles. The van der Waals surface area contributed by atoms with E-state index >= 15 is 0 Å². The lowest BCUT2D eigenvalue weighted by Gasteiger charge is -2.04. The molecule has 1 aliphatic heterocycles. The van der Waals surface area contributed by atoms with Crippen molar-refractivity contribution in [1.29, 1.82) is 0 Å². The van der Waals surface area contributed by atoms with Gasteiger partial charge in [0.2, 0.25) is 0 Å². The lowest BCUT2D eigenvalue weighted by atomic mass is 10.2. The Balaban J connectivity index is 2.55. The summed E-state index contributed by atoms with van der Waals surface area (Å²) < 4.78 is 0. The third kappa shape index (κ3) is 0.808. The van der Waals surface area contributed by atoms with Gasteiger partial charge in [-0.3, -0.25) is 9.78 Å². The van der Waals surface area contributed by atoms with Crippen molar-refractivity contribution >= 4 is 5.91 Å². The smallest absolute Gasteiger partial charge is 0.255 e. The van der Waals surface area contributed by atoms with Crippen LogP contribution in [0.15, 0.2) is 18.5 Å². The summed E-state index contributed by atoms with van der Waals surface area (Å²) in [7, 11) is 1.79. The van der Waals surface area contributed by atoms with Crippen LogP contribution in [-0.2, 0) is 6.54 Å². The van der Waals surface area contributed by atoms with Crippen molar-refractivity contribution in [2.75, 3.05) is 7.05 Å². The Labute approximate surface area is 64.7 Å². The summed E-state index contributed by atoms with van der Waals surface area (Å²) in [6.45, 7) is 0.719. The number of carbonyl (C=O) groups excluding carboxylic acids is 1. The van der Waals surface area contributed by atoms with E-state index in [9.17, 15) is 4.79 Å². The average molecular weight is 148 g/mol. The highest BCUT2D eigenvalue weighted by Gasteiger charge is 2.23. The van der Waals surface area contributed by atoms with Crippen LogP contribution in [0.2, 0.25) is 0 Å². The van der Waals surface area contributed by atoms with E-state index < -0.39 is 0 Å². The van der Waals surface area contributed by atoms with E-state index in [4.69, 9.17) is 0 Å². The van der Waals surface area contributed by atoms with Crippen LogP contribution in [0.1, 0.15) is 15.9 Å². The second-order valence-electron chi connectivity index (χ2n) is 2.69. The van der Waals surface area contributed by atoms with Crippen LogP contribution in [0.3, 0.4) is 0 Å². The van der Waals surface area contributed by atoms with Crippen LogP contribution in [0.5, 0.6) is 0 Å². The zero-order chi connectivity index (χ0) is 7.84. The minimum absolute atomic E-state index is 0.0769. The molecule has 0 saturated heterocycles. The van der Waals surface area contributed by atoms with E-state index in [-0.39, 0.29) is 5.91 Å². The Hall–Kier alpha value is -1.38. The summed E-state index contributed by atoms with van der Waals surface area (Å²) in [4.78, 5) is 16.9. The highest BCUT2D eigenvalue weighted by Crippen LogP contribution is 2.18. The van der Waals surface area contributed by atoms with Crippen molar-refractivity contribution in [2.45, 2.75) is 6.54 Å². The number of carbonyl (C=O) groups is 1. The van der Waals surface area contributed by atoms with Gasteiger partial charge in [-0.25, -0.2) is 0 Å². The molecule has 3 nitrogen and oxygen atoms in total. The lowest BCUT2D eigenvalue weighted by molar-refractivity contribution is 0.0816. The average Bonchev–Trinajstić information content (AvgIpc) is 2.30. The van der Waals surface area contributed by atoms with E-state index in [1.807, 2.05) is 6.07 Å². The molecule has 0 fully saturated rings. The molecular formula is C8H8N2O. The summed E-state index contributed by atoms with van der Waals surface area (Å²) in [5.41, 5.74) is 1.82. The first-order valence-corrected chi connectivity index (χ1v) is 3.47. The van der Waals surface area contributed by atoms with Crippen LogP contribution < -0.4 is 0 Å². The van der Waals surface area contributed by atoms with Gasteiger partial charge in [0, 0.05) is 26.0 Å². The molecule has 0 saturated carbocycles. The Morgan fingerprint density at radius 2 is 2.45 bits per heavy atom. The molecule has 2 rings (SSSR count). The van der Waals surface area contributed by atoms with Crippen LogP contribution in [-0.4, -0.2) is 22.8 Å². The molecule has 0 atom stereocenters. The second-order valence-corrected chi connectivity index (χ2v) is 2.69. The maximum Gasteiger partial charge on any atom is 0.255 e. The van der Waals surface area contributed by atoms with Gasteiger partial charge in [-0.1, -0.05) is 0 Å². The zero-order valence-electron chi connectivity index (χ0n) is 6.24. The number of pyridine rings is 1. The molecule has 11 heavy (non-hydrogen) atoms. The molecule has 1 amide bonds. The van der Waals surface area contributed by atoms with E-state index in [0.717, 1.165) is 17.7 Å². The zero-order valence-corrected chi connectivity index (χ0v) is 6.24. The van der Waals surface area contributed by atoms with Crippen LogP contribution >= 0.6 is 0 Å². The van der Waals surface area contributed by atoms with Gasteiger partial charge in [0.1, 0.15) is 0 Å². The second kappa shape index (κ2) is 2.05. The first-order chi connectivity index (χ1) is 5.29. The number of hydrogen-bond donors (Lipinski definition) is 0. The molecule has 0 bridgehead atoms. The predicted octanol–water partition coefficient (Wildman–Crippen LogP) is 0.667. The molecule has 0 unspecified atom stereocenters. The van der Waals surface area contributed by atoms with Gasteiger partial charge < -0.3 is 4.90 Å². The number of aromatic nitrogens is 1. The van der Waals surface area contributed by atoms with E-state index in [2.05, 4.69) is 4.98 Å². The SMILES string of the molecule is CN1Cc2ccncc2C1=O. The molecule has 0 spiro atoms. The van der Waals surface area contributed by atoms with Crippen molar-refractivity contribution in [1.82, 2.24) is 9.88 Å². The van der Waals surface area contributed by atoms with Crippen LogP contribution in [0.25, 0.3) is 0 Å². The van der Waals surface area contributed by atoms with E-state index in [0.29, 0.717) is 0 Å². The van der Waals surface area contributed by atoms with Crippen LogP contribution in [0.4, 0.5) is 0 Å². The molecule has 0 radical (unpaired) electrons. The van der Waals surface area contributed by atoms with E-state index in [1.165, 1.54) is 0 Å². The molecule has 1 aromatic rings. The normalized spacial score (nSPS) is 15.4. The quantitative estimate of drug-likeness (QED) is 0.541. The van der Waals surface area contributed by atoms with Gasteiger partial charge >= 0.3 is 0 Å². The number of fused-ring (bicyclic) bond motifs is 1. The third-order valence-corrected chi connectivity index (χ3v) is 1.90. The van der Waals surface area contributed by atoms with Crippen molar-refractivity contribution in [3.63, 3.8) is 0 Å². The van der Waals surface area contributed by atoms with Gasteiger partial charge in [0.25, 0.3) is 5.91 Å². The van der Waals surface area contributed by atoms with Gasteiger partial charge in [0.15, 0.2) is 0 Å². The molecule has 3 heteroatoms. The number of rotatable bonds is 0. The first kappa shape index (κ1) is 6.34. The maximum atomic E-state index is 11.3. The Morgan fingerprint density at radius 3 is 3.18 bits per heavy atom. The largest absolute Gasteiger partial charge is 0.337 e. The van der Waals surface area contributed by atoms with Crippen molar-refractivity contribution in [3.05, 3.63) is 29.6 Å². The summed E-state index contributed by atoms with van der Waals surface area (Å²) in [6, 6.07) is 1.89. The number of hydrogen-bond acceptors (Lipinski definition) is 2. The summed E-state index contributed by atoms with van der Waals surface area (Å²) in [5, 5.41) is 0. The molecule has 2 heterocycles. The summed E-state index contributed by atoms with van der Waals surface area (Å²) in [6.07, 6.45) is 3.34. The molecule has 1 aromatic heterocycles. The first-order valence-electron chi connectivity index (χ1n) is 3.47. The molecule has 1 aliphatic rings. The maximum absolute atomic E-state index is 11.3. The summed E-state index contributed by atoms with van der Waals surface area (Å²) in [5.74, 6) is 0.0769. The van der Waals surface area contributed by atoms with Gasteiger partial charge in [-0.05, 0) is 11.6 Å². The summed E-state index contributed by atoms with van der Waals surface area (Å²) >= 11 is 0. The van der Waals surface area contributed by atoms with Crippen molar-refractivity contribution in [3.8, 4) is 0 Å². The van der Waals surface area contributed by atoms with Crippen LogP contribution in [0, 0.1) is 0 Å². The lowest BCUT2D eigenvalue weighted by Crippen LogP contribution is -2.17. The van der Waals surface area contributed by atoms with Gasteiger partial charge in [0.05, 0.1) is 5.56 Å². The predicted molar refractivity (Wildman–Crippen MR) is 40.0 cm³/mol. The monoisotopic (exact) mass is 148 g/mol. The molecular weight excluding hydrogens is 140 g/mol. The highest BCUT2D eigenvalue weighted by atomic mass is 16.2. The minimum atomic E-state index is 0.0769. The standard InChI is InChI=1S/C8H8N2O/c1-10-5-6-2-3-9-4-7(6)8(10)11/h2-4H,5H2,1H3. The highest BCUT2D eigenvalue weighted by molar-refractivity contribution is 5.97. The Morgan fingerprint density at radius 1 is 1.64 bits per heavy atom. The van der Waals surface area contributed by atoms with Gasteiger partial charge in [-0.15, -0.1) is 0 Å². The Kier molecular flexibility index (Phi) is 1.18. The fraction of sp³-hybridized carbons (Fsp3) is 0.250.